The van der Waals surface area contributed by atoms with E-state index in [4.69, 9.17) is 5.73 Å². The highest BCUT2D eigenvalue weighted by Crippen LogP contribution is 2.38. The topological polar surface area (TPSA) is 68.0 Å². The molecule has 0 radical (unpaired) electrons. The van der Waals surface area contributed by atoms with Crippen LogP contribution in [0.25, 0.3) is 10.1 Å². The number of benzene rings is 1. The van der Waals surface area contributed by atoms with Crippen molar-refractivity contribution in [2.45, 2.75) is 6.54 Å². The number of nitrogens with zero attached hydrogens (tertiary/aromatic N) is 1. The first-order chi connectivity index (χ1) is 9.66. The summed E-state index contributed by atoms with van der Waals surface area (Å²) in [4.78, 5) is 16.9. The van der Waals surface area contributed by atoms with Crippen molar-refractivity contribution in [1.82, 2.24) is 10.3 Å². The predicted octanol–water partition coefficient (Wildman–Crippen LogP) is 3.63. The third-order valence-electron chi connectivity index (χ3n) is 2.79. The van der Waals surface area contributed by atoms with E-state index in [1.54, 1.807) is 6.20 Å². The molecule has 0 spiro atoms. The molecule has 3 aromatic rings. The maximum atomic E-state index is 12.2. The van der Waals surface area contributed by atoms with E-state index in [0.717, 1.165) is 19.6 Å². The number of rotatable bonds is 3. The molecule has 0 unspecified atom stereocenters. The van der Waals surface area contributed by atoms with Gasteiger partial charge in [0.15, 0.2) is 0 Å². The molecule has 102 valence electrons. The fourth-order valence-electron chi connectivity index (χ4n) is 1.87. The van der Waals surface area contributed by atoms with Gasteiger partial charge in [0.25, 0.3) is 5.91 Å². The molecule has 0 atom stereocenters. The zero-order chi connectivity index (χ0) is 14.1. The van der Waals surface area contributed by atoms with Gasteiger partial charge in [-0.2, -0.15) is 0 Å². The zero-order valence-corrected chi connectivity index (χ0v) is 13.4. The second-order valence-electron chi connectivity index (χ2n) is 4.07. The van der Waals surface area contributed by atoms with Gasteiger partial charge in [-0.15, -0.1) is 22.7 Å². The van der Waals surface area contributed by atoms with E-state index in [-0.39, 0.29) is 5.91 Å². The number of carbonyl (C=O) groups is 1. The molecule has 3 rings (SSSR count). The maximum Gasteiger partial charge on any atom is 0.263 e. The molecule has 7 heteroatoms. The van der Waals surface area contributed by atoms with Crippen LogP contribution in [0.1, 0.15) is 14.7 Å². The highest BCUT2D eigenvalue weighted by atomic mass is 79.9. The Morgan fingerprint density at radius 1 is 1.45 bits per heavy atom. The van der Waals surface area contributed by atoms with Gasteiger partial charge in [0.05, 0.1) is 12.2 Å². The van der Waals surface area contributed by atoms with Crippen LogP contribution >= 0.6 is 38.6 Å². The van der Waals surface area contributed by atoms with E-state index in [1.165, 1.54) is 22.7 Å². The molecule has 0 aliphatic rings. The first-order valence-electron chi connectivity index (χ1n) is 5.80. The number of nitrogens with one attached hydrogen (secondary N) is 1. The molecule has 20 heavy (non-hydrogen) atoms. The number of thiophene rings is 1. The predicted molar refractivity (Wildman–Crippen MR) is 87.2 cm³/mol. The van der Waals surface area contributed by atoms with Crippen LogP contribution in [-0.2, 0) is 6.54 Å². The van der Waals surface area contributed by atoms with Gasteiger partial charge in [0.1, 0.15) is 9.88 Å². The molecule has 0 bridgehead atoms. The van der Waals surface area contributed by atoms with Crippen LogP contribution in [0.2, 0.25) is 0 Å². The standard InChI is InChI=1S/C13H10BrN3OS2/c14-7-2-1-3-8-10(7)11(15)12(20-8)13(18)17-6-9-16-4-5-19-9/h1-5H,6,15H2,(H,17,18). The summed E-state index contributed by atoms with van der Waals surface area (Å²) in [7, 11) is 0. The molecular formula is C13H10BrN3OS2. The first-order valence-corrected chi connectivity index (χ1v) is 8.29. The van der Waals surface area contributed by atoms with Crippen LogP contribution in [0.5, 0.6) is 0 Å². The lowest BCUT2D eigenvalue weighted by Crippen LogP contribution is -2.22. The third-order valence-corrected chi connectivity index (χ3v) is 5.40. The molecule has 4 nitrogen and oxygen atoms in total. The molecule has 3 N–H and O–H groups in total. The Bertz CT molecular complexity index is 767. The molecule has 2 heterocycles. The number of aromatic nitrogens is 1. The van der Waals surface area contributed by atoms with Gasteiger partial charge in [-0.05, 0) is 12.1 Å². The fraction of sp³-hybridized carbons (Fsp3) is 0.0769. The summed E-state index contributed by atoms with van der Waals surface area (Å²) in [6.07, 6.45) is 1.72. The second kappa shape index (κ2) is 5.51. The second-order valence-corrected chi connectivity index (χ2v) is 6.95. The highest BCUT2D eigenvalue weighted by Gasteiger charge is 2.17. The Morgan fingerprint density at radius 3 is 3.00 bits per heavy atom. The molecule has 0 fully saturated rings. The van der Waals surface area contributed by atoms with Gasteiger partial charge in [0, 0.05) is 26.1 Å². The SMILES string of the molecule is Nc1c(C(=O)NCc2nccs2)sc2cccc(Br)c12. The van der Waals surface area contributed by atoms with Gasteiger partial charge in [-0.1, -0.05) is 22.0 Å². The molecule has 0 aliphatic carbocycles. The zero-order valence-electron chi connectivity index (χ0n) is 10.2. The molecule has 0 aliphatic heterocycles. The number of hydrogen-bond acceptors (Lipinski definition) is 5. The number of hydrogen-bond donors (Lipinski definition) is 2. The number of nitrogens with two attached hydrogens (primary N) is 1. The van der Waals surface area contributed by atoms with Crippen LogP contribution in [0.4, 0.5) is 5.69 Å². The first kappa shape index (κ1) is 13.5. The molecule has 1 aromatic carbocycles. The summed E-state index contributed by atoms with van der Waals surface area (Å²) >= 11 is 6.38. The Labute approximate surface area is 131 Å². The number of nitrogen functional groups attached to an aromatic ring is 1. The van der Waals surface area contributed by atoms with Crippen molar-refractivity contribution in [1.29, 1.82) is 0 Å². The van der Waals surface area contributed by atoms with Crippen molar-refractivity contribution >= 4 is 60.3 Å². The average molecular weight is 368 g/mol. The average Bonchev–Trinajstić information content (AvgIpc) is 3.05. The number of halogens is 1. The highest BCUT2D eigenvalue weighted by molar-refractivity contribution is 9.10. The van der Waals surface area contributed by atoms with Crippen molar-refractivity contribution < 1.29 is 4.79 Å². The van der Waals surface area contributed by atoms with Crippen LogP contribution in [0.15, 0.2) is 34.2 Å². The number of anilines is 1. The molecule has 2 aromatic heterocycles. The quantitative estimate of drug-likeness (QED) is 0.742. The van der Waals surface area contributed by atoms with E-state index < -0.39 is 0 Å². The summed E-state index contributed by atoms with van der Waals surface area (Å²) < 4.78 is 1.90. The minimum Gasteiger partial charge on any atom is -0.397 e. The summed E-state index contributed by atoms with van der Waals surface area (Å²) in [6.45, 7) is 0.422. The van der Waals surface area contributed by atoms with E-state index in [9.17, 15) is 4.79 Å². The van der Waals surface area contributed by atoms with Crippen molar-refractivity contribution in [3.63, 3.8) is 0 Å². The van der Waals surface area contributed by atoms with Crippen LogP contribution in [0, 0.1) is 0 Å². The van der Waals surface area contributed by atoms with Crippen molar-refractivity contribution in [3.05, 3.63) is 44.1 Å². The lowest BCUT2D eigenvalue weighted by atomic mass is 10.2. The fourth-order valence-corrected chi connectivity index (χ4v) is 4.21. The van der Waals surface area contributed by atoms with Crippen molar-refractivity contribution in [2.75, 3.05) is 5.73 Å². The van der Waals surface area contributed by atoms with Crippen molar-refractivity contribution in [3.8, 4) is 0 Å². The Morgan fingerprint density at radius 2 is 2.30 bits per heavy atom. The van der Waals surface area contributed by atoms with Crippen LogP contribution < -0.4 is 11.1 Å². The van der Waals surface area contributed by atoms with E-state index in [0.29, 0.717) is 17.1 Å². The smallest absolute Gasteiger partial charge is 0.263 e. The Kier molecular flexibility index (Phi) is 3.73. The van der Waals surface area contributed by atoms with E-state index in [2.05, 4.69) is 26.2 Å². The Hall–Kier alpha value is -1.44. The summed E-state index contributed by atoms with van der Waals surface area (Å²) in [5.41, 5.74) is 6.62. The summed E-state index contributed by atoms with van der Waals surface area (Å²) in [5.74, 6) is -0.161. The Balaban J connectivity index is 1.88. The number of carbonyl (C=O) groups excluding carboxylic acids is 1. The monoisotopic (exact) mass is 367 g/mol. The van der Waals surface area contributed by atoms with Gasteiger partial charge in [0.2, 0.25) is 0 Å². The van der Waals surface area contributed by atoms with Gasteiger partial charge >= 0.3 is 0 Å². The number of fused-ring (bicyclic) bond motifs is 1. The van der Waals surface area contributed by atoms with E-state index >= 15 is 0 Å². The number of thiazole rings is 1. The van der Waals surface area contributed by atoms with Gasteiger partial charge in [-0.25, -0.2) is 4.98 Å². The minimum absolute atomic E-state index is 0.161. The van der Waals surface area contributed by atoms with Crippen molar-refractivity contribution in [2.24, 2.45) is 0 Å². The third kappa shape index (κ3) is 2.44. The lowest BCUT2D eigenvalue weighted by molar-refractivity contribution is 0.0956. The largest absolute Gasteiger partial charge is 0.397 e. The summed E-state index contributed by atoms with van der Waals surface area (Å²) in [6, 6.07) is 5.81. The molecule has 1 amide bonds. The lowest BCUT2D eigenvalue weighted by Gasteiger charge is -2.02. The molecule has 0 saturated carbocycles. The maximum absolute atomic E-state index is 12.2. The molecular weight excluding hydrogens is 358 g/mol. The number of amides is 1. The van der Waals surface area contributed by atoms with Gasteiger partial charge in [-0.3, -0.25) is 4.79 Å². The van der Waals surface area contributed by atoms with Crippen LogP contribution in [-0.4, -0.2) is 10.9 Å². The molecule has 0 saturated heterocycles. The summed E-state index contributed by atoms with van der Waals surface area (Å²) in [5, 5.41) is 6.50. The van der Waals surface area contributed by atoms with Crippen LogP contribution in [0.3, 0.4) is 0 Å². The minimum atomic E-state index is -0.161. The van der Waals surface area contributed by atoms with E-state index in [1.807, 2.05) is 23.6 Å². The van der Waals surface area contributed by atoms with Gasteiger partial charge < -0.3 is 11.1 Å². The normalized spacial score (nSPS) is 10.8.